The van der Waals surface area contributed by atoms with Crippen molar-refractivity contribution in [2.24, 2.45) is 9.98 Å². The molecule has 0 saturated carbocycles. The van der Waals surface area contributed by atoms with Crippen LogP contribution >= 0.6 is 11.6 Å². The van der Waals surface area contributed by atoms with Crippen LogP contribution in [0.2, 0.25) is 5.02 Å². The van der Waals surface area contributed by atoms with Gasteiger partial charge in [0.05, 0.1) is 5.02 Å². The molecule has 0 amide bonds. The van der Waals surface area contributed by atoms with Crippen molar-refractivity contribution in [3.63, 3.8) is 0 Å². The predicted octanol–water partition coefficient (Wildman–Crippen LogP) is 3.25. The lowest BCUT2D eigenvalue weighted by atomic mass is 10.2. The number of aromatic nitrogens is 2. The smallest absolute Gasteiger partial charge is 0.158 e. The number of rotatable bonds is 1. The van der Waals surface area contributed by atoms with Gasteiger partial charge in [-0.15, -0.1) is 0 Å². The molecule has 1 N–H and O–H groups in total. The highest BCUT2D eigenvalue weighted by molar-refractivity contribution is 6.31. The van der Waals surface area contributed by atoms with Crippen molar-refractivity contribution in [3.05, 3.63) is 29.0 Å². The molecule has 2 aliphatic rings. The fourth-order valence-electron chi connectivity index (χ4n) is 3.31. The van der Waals surface area contributed by atoms with Gasteiger partial charge in [-0.25, -0.2) is 9.98 Å². The van der Waals surface area contributed by atoms with E-state index in [0.717, 1.165) is 41.9 Å². The van der Waals surface area contributed by atoms with Gasteiger partial charge in [0.15, 0.2) is 5.84 Å². The van der Waals surface area contributed by atoms with Gasteiger partial charge in [-0.1, -0.05) is 11.6 Å². The molecule has 0 aliphatic carbocycles. The molecule has 1 saturated heterocycles. The van der Waals surface area contributed by atoms with Crippen LogP contribution in [0.1, 0.15) is 31.7 Å². The Hall–Kier alpha value is -1.88. The highest BCUT2D eigenvalue weighted by Crippen LogP contribution is 2.24. The number of fused-ring (bicyclic) bond motifs is 1. The van der Waals surface area contributed by atoms with Crippen molar-refractivity contribution >= 4 is 34.3 Å². The van der Waals surface area contributed by atoms with Gasteiger partial charge in [0.25, 0.3) is 0 Å². The molecule has 2 aliphatic heterocycles. The van der Waals surface area contributed by atoms with Gasteiger partial charge in [0.2, 0.25) is 0 Å². The van der Waals surface area contributed by atoms with Gasteiger partial charge >= 0.3 is 0 Å². The summed E-state index contributed by atoms with van der Waals surface area (Å²) in [4.78, 5) is 19.3. The zero-order chi connectivity index (χ0) is 15.1. The van der Waals surface area contributed by atoms with E-state index >= 15 is 0 Å². The first-order chi connectivity index (χ1) is 10.7. The van der Waals surface area contributed by atoms with Crippen LogP contribution in [-0.4, -0.2) is 45.7 Å². The lowest BCUT2D eigenvalue weighted by Crippen LogP contribution is -2.36. The number of hydrogen-bond acceptors (Lipinski definition) is 4. The molecule has 0 bridgehead atoms. The van der Waals surface area contributed by atoms with E-state index in [1.165, 1.54) is 18.7 Å². The maximum Gasteiger partial charge on any atom is 0.158 e. The molecular weight excluding hydrogens is 298 g/mol. The van der Waals surface area contributed by atoms with Gasteiger partial charge in [0.1, 0.15) is 11.5 Å². The van der Waals surface area contributed by atoms with E-state index in [4.69, 9.17) is 16.6 Å². The zero-order valence-corrected chi connectivity index (χ0v) is 13.3. The summed E-state index contributed by atoms with van der Waals surface area (Å²) in [6, 6.07) is 2.50. The minimum Gasteiger partial charge on any atom is -0.357 e. The van der Waals surface area contributed by atoms with E-state index in [2.05, 4.69) is 26.8 Å². The van der Waals surface area contributed by atoms with Gasteiger partial charge in [0, 0.05) is 48.9 Å². The first kappa shape index (κ1) is 13.8. The number of pyridine rings is 1. The molecule has 5 nitrogen and oxygen atoms in total. The Labute approximate surface area is 134 Å². The molecule has 114 valence electrons. The fraction of sp³-hybridized carbons (Fsp3) is 0.438. The first-order valence-electron chi connectivity index (χ1n) is 7.74. The van der Waals surface area contributed by atoms with E-state index in [9.17, 15) is 0 Å². The van der Waals surface area contributed by atoms with E-state index in [1.807, 2.05) is 12.3 Å². The summed E-state index contributed by atoms with van der Waals surface area (Å²) in [5.74, 6) is 1.95. The Morgan fingerprint density at radius 3 is 3.14 bits per heavy atom. The van der Waals surface area contributed by atoms with Crippen LogP contribution in [0.5, 0.6) is 0 Å². The minimum atomic E-state index is 0.581. The molecular formula is C16H18ClN5. The molecule has 2 aromatic heterocycles. The van der Waals surface area contributed by atoms with Gasteiger partial charge in [-0.2, -0.15) is 0 Å². The number of aromatic amines is 1. The highest BCUT2D eigenvalue weighted by Gasteiger charge is 2.25. The van der Waals surface area contributed by atoms with Crippen LogP contribution in [0.25, 0.3) is 11.0 Å². The Kier molecular flexibility index (Phi) is 3.37. The SMILES string of the molecule is C[C@@H]1CCCN1C1=NC(c2c[nH]c3ncc(Cl)cc23)=NCC1. The molecule has 2 aromatic rings. The molecule has 6 heteroatoms. The molecule has 1 fully saturated rings. The third-order valence-corrected chi connectivity index (χ3v) is 4.66. The third-order valence-electron chi connectivity index (χ3n) is 4.46. The summed E-state index contributed by atoms with van der Waals surface area (Å²) in [5.41, 5.74) is 1.80. The second-order valence-electron chi connectivity index (χ2n) is 5.92. The van der Waals surface area contributed by atoms with Crippen LogP contribution in [-0.2, 0) is 0 Å². The van der Waals surface area contributed by atoms with Crippen LogP contribution in [0, 0.1) is 0 Å². The summed E-state index contributed by atoms with van der Waals surface area (Å²) in [7, 11) is 0. The number of likely N-dealkylation sites (tertiary alicyclic amines) is 1. The number of halogens is 1. The second kappa shape index (κ2) is 5.39. The van der Waals surface area contributed by atoms with Crippen LogP contribution in [0.15, 0.2) is 28.4 Å². The van der Waals surface area contributed by atoms with Gasteiger partial charge in [-0.05, 0) is 25.8 Å². The first-order valence-corrected chi connectivity index (χ1v) is 8.12. The van der Waals surface area contributed by atoms with E-state index < -0.39 is 0 Å². The Morgan fingerprint density at radius 1 is 1.41 bits per heavy atom. The summed E-state index contributed by atoms with van der Waals surface area (Å²) in [6.45, 7) is 4.17. The summed E-state index contributed by atoms with van der Waals surface area (Å²) in [5, 5.41) is 1.60. The second-order valence-corrected chi connectivity index (χ2v) is 6.36. The van der Waals surface area contributed by atoms with Crippen molar-refractivity contribution in [1.82, 2.24) is 14.9 Å². The maximum absolute atomic E-state index is 6.08. The Morgan fingerprint density at radius 2 is 2.32 bits per heavy atom. The quantitative estimate of drug-likeness (QED) is 0.878. The Bertz CT molecular complexity index is 776. The van der Waals surface area contributed by atoms with Gasteiger partial charge in [-0.3, -0.25) is 4.99 Å². The number of nitrogens with one attached hydrogen (secondary N) is 1. The van der Waals surface area contributed by atoms with Crippen molar-refractivity contribution in [2.45, 2.75) is 32.2 Å². The van der Waals surface area contributed by atoms with Crippen molar-refractivity contribution in [3.8, 4) is 0 Å². The molecule has 0 aromatic carbocycles. The number of H-pyrrole nitrogens is 1. The van der Waals surface area contributed by atoms with Crippen molar-refractivity contribution < 1.29 is 0 Å². The number of amidine groups is 2. The topological polar surface area (TPSA) is 56.6 Å². The van der Waals surface area contributed by atoms with E-state index in [1.54, 1.807) is 6.20 Å². The highest BCUT2D eigenvalue weighted by atomic mass is 35.5. The van der Waals surface area contributed by atoms with Crippen LogP contribution < -0.4 is 0 Å². The average molecular weight is 316 g/mol. The summed E-state index contributed by atoms with van der Waals surface area (Å²) in [6.07, 6.45) is 6.99. The number of aliphatic imine (C=N–C) groups is 2. The lowest BCUT2D eigenvalue weighted by molar-refractivity contribution is 0.406. The largest absolute Gasteiger partial charge is 0.357 e. The predicted molar refractivity (Wildman–Crippen MR) is 90.0 cm³/mol. The molecule has 0 unspecified atom stereocenters. The molecule has 4 heterocycles. The van der Waals surface area contributed by atoms with Crippen molar-refractivity contribution in [2.75, 3.05) is 13.1 Å². The summed E-state index contributed by atoms with van der Waals surface area (Å²) >= 11 is 6.08. The standard InChI is InChI=1S/C16H18ClN5/c1-10-3-2-6-22(10)14-4-5-18-16(21-14)13-9-20-15-12(13)7-11(17)8-19-15/h7-10H,2-6H2,1H3,(H,19,20)/t10-/m1/s1. The lowest BCUT2D eigenvalue weighted by Gasteiger charge is -2.27. The fourth-order valence-corrected chi connectivity index (χ4v) is 3.47. The van der Waals surface area contributed by atoms with Crippen LogP contribution in [0.4, 0.5) is 0 Å². The third kappa shape index (κ3) is 2.29. The average Bonchev–Trinajstić information content (AvgIpc) is 3.13. The number of hydrogen-bond donors (Lipinski definition) is 1. The summed E-state index contributed by atoms with van der Waals surface area (Å²) < 4.78 is 0. The molecule has 4 rings (SSSR count). The molecule has 22 heavy (non-hydrogen) atoms. The van der Waals surface area contributed by atoms with E-state index in [-0.39, 0.29) is 0 Å². The maximum atomic E-state index is 6.08. The molecule has 0 radical (unpaired) electrons. The normalized spacial score (nSPS) is 22.1. The monoisotopic (exact) mass is 315 g/mol. The molecule has 1 atom stereocenters. The van der Waals surface area contributed by atoms with Crippen molar-refractivity contribution in [1.29, 1.82) is 0 Å². The van der Waals surface area contributed by atoms with E-state index in [0.29, 0.717) is 11.1 Å². The van der Waals surface area contributed by atoms with Crippen LogP contribution in [0.3, 0.4) is 0 Å². The number of nitrogens with zero attached hydrogens (tertiary/aromatic N) is 4. The van der Waals surface area contributed by atoms with Gasteiger partial charge < -0.3 is 9.88 Å². The minimum absolute atomic E-state index is 0.581. The molecule has 0 spiro atoms. The Balaban J connectivity index is 1.73. The zero-order valence-electron chi connectivity index (χ0n) is 12.5.